The zero-order valence-corrected chi connectivity index (χ0v) is 17.5. The van der Waals surface area contributed by atoms with Gasteiger partial charge in [0, 0.05) is 19.5 Å². The number of piperidine rings is 1. The molecule has 0 spiro atoms. The van der Waals surface area contributed by atoms with Crippen molar-refractivity contribution in [2.45, 2.75) is 45.6 Å². The summed E-state index contributed by atoms with van der Waals surface area (Å²) >= 11 is 0. The van der Waals surface area contributed by atoms with Gasteiger partial charge in [-0.15, -0.1) is 0 Å². The molecule has 2 unspecified atom stereocenters. The highest BCUT2D eigenvalue weighted by atomic mass is 16.5. The smallest absolute Gasteiger partial charge is 0.354 e. The molecule has 0 saturated carbocycles. The quantitative estimate of drug-likeness (QED) is 0.536. The zero-order valence-electron chi connectivity index (χ0n) is 17.5. The average Bonchev–Trinajstić information content (AvgIpc) is 3.18. The summed E-state index contributed by atoms with van der Waals surface area (Å²) in [4.78, 5) is 27.5. The molecule has 29 heavy (non-hydrogen) atoms. The summed E-state index contributed by atoms with van der Waals surface area (Å²) in [6.07, 6.45) is 3.74. The van der Waals surface area contributed by atoms with Crippen LogP contribution in [0.3, 0.4) is 0 Å². The molecule has 1 aromatic rings. The van der Waals surface area contributed by atoms with Crippen LogP contribution >= 0.6 is 0 Å². The number of nitrogens with zero attached hydrogens (tertiary/aromatic N) is 3. The van der Waals surface area contributed by atoms with E-state index in [1.54, 1.807) is 11.9 Å². The second kappa shape index (κ2) is 10.4. The Morgan fingerprint density at radius 1 is 1.28 bits per heavy atom. The molecule has 7 heteroatoms. The highest BCUT2D eigenvalue weighted by Crippen LogP contribution is 2.25. The van der Waals surface area contributed by atoms with Crippen molar-refractivity contribution in [1.29, 1.82) is 0 Å². The van der Waals surface area contributed by atoms with Crippen LogP contribution in [0.25, 0.3) is 0 Å². The number of likely N-dealkylation sites (tertiary alicyclic amines) is 1. The van der Waals surface area contributed by atoms with Crippen LogP contribution in [-0.2, 0) is 14.3 Å². The molecule has 7 nitrogen and oxygen atoms in total. The number of benzene rings is 1. The Labute approximate surface area is 173 Å². The maximum absolute atomic E-state index is 12.9. The van der Waals surface area contributed by atoms with Crippen molar-refractivity contribution >= 4 is 23.3 Å². The Bertz CT molecular complexity index is 722. The van der Waals surface area contributed by atoms with Crippen molar-refractivity contribution < 1.29 is 14.3 Å². The lowest BCUT2D eigenvalue weighted by Gasteiger charge is -2.30. The van der Waals surface area contributed by atoms with Crippen LogP contribution in [0.4, 0.5) is 5.69 Å². The summed E-state index contributed by atoms with van der Waals surface area (Å²) in [5.41, 5.74) is 1.08. The van der Waals surface area contributed by atoms with Gasteiger partial charge in [0.15, 0.2) is 0 Å². The molecule has 2 heterocycles. The first-order valence-corrected chi connectivity index (χ1v) is 10.7. The number of hydrogen-bond acceptors (Lipinski definition) is 6. The van der Waals surface area contributed by atoms with Gasteiger partial charge in [-0.2, -0.15) is 5.10 Å². The number of hydrogen-bond donors (Lipinski definition) is 1. The van der Waals surface area contributed by atoms with Gasteiger partial charge in [0.1, 0.15) is 11.8 Å². The Kier molecular flexibility index (Phi) is 7.63. The number of amides is 1. The van der Waals surface area contributed by atoms with E-state index in [0.29, 0.717) is 6.54 Å². The molecule has 2 atom stereocenters. The molecule has 2 aliphatic heterocycles. The van der Waals surface area contributed by atoms with E-state index in [1.165, 1.54) is 12.8 Å². The zero-order chi connectivity index (χ0) is 20.6. The number of hydrazone groups is 1. The van der Waals surface area contributed by atoms with E-state index >= 15 is 0 Å². The molecular formula is C22H32N4O3. The van der Waals surface area contributed by atoms with Crippen molar-refractivity contribution in [2.24, 2.45) is 11.0 Å². The van der Waals surface area contributed by atoms with Crippen molar-refractivity contribution in [1.82, 2.24) is 10.2 Å². The molecule has 1 aromatic carbocycles. The summed E-state index contributed by atoms with van der Waals surface area (Å²) < 4.78 is 5.08. The molecule has 1 fully saturated rings. The van der Waals surface area contributed by atoms with E-state index in [1.807, 2.05) is 30.3 Å². The molecule has 1 N–H and O–H groups in total. The van der Waals surface area contributed by atoms with Gasteiger partial charge in [-0.3, -0.25) is 9.80 Å². The Balaban J connectivity index is 1.55. The number of rotatable bonds is 8. The van der Waals surface area contributed by atoms with Gasteiger partial charge in [0.25, 0.3) is 0 Å². The first-order valence-electron chi connectivity index (χ1n) is 10.7. The van der Waals surface area contributed by atoms with Gasteiger partial charge in [-0.25, -0.2) is 4.79 Å². The minimum atomic E-state index is -0.535. The van der Waals surface area contributed by atoms with E-state index in [2.05, 4.69) is 22.2 Å². The number of esters is 1. The molecule has 0 radical (unpaired) electrons. The Morgan fingerprint density at radius 3 is 2.79 bits per heavy atom. The lowest BCUT2D eigenvalue weighted by Crippen LogP contribution is -2.44. The van der Waals surface area contributed by atoms with Gasteiger partial charge in [0.2, 0.25) is 5.91 Å². The SMILES string of the molecule is CCOC(=O)C1=NN(c2ccccc2)C(C(=O)NCCCN2CCCC(C)C2)C1. The van der Waals surface area contributed by atoms with Crippen molar-refractivity contribution in [3.63, 3.8) is 0 Å². The molecule has 1 amide bonds. The molecule has 2 aliphatic rings. The third-order valence-electron chi connectivity index (χ3n) is 5.44. The summed E-state index contributed by atoms with van der Waals surface area (Å²) in [6.45, 7) is 8.27. The van der Waals surface area contributed by atoms with Gasteiger partial charge >= 0.3 is 5.97 Å². The van der Waals surface area contributed by atoms with Crippen molar-refractivity contribution in [3.05, 3.63) is 30.3 Å². The number of anilines is 1. The van der Waals surface area contributed by atoms with Crippen LogP contribution in [-0.4, -0.2) is 61.3 Å². The highest BCUT2D eigenvalue weighted by molar-refractivity contribution is 6.38. The predicted molar refractivity (Wildman–Crippen MR) is 114 cm³/mol. The Morgan fingerprint density at radius 2 is 2.07 bits per heavy atom. The minimum absolute atomic E-state index is 0.107. The first-order chi connectivity index (χ1) is 14.1. The monoisotopic (exact) mass is 400 g/mol. The lowest BCUT2D eigenvalue weighted by molar-refractivity contribution is -0.135. The maximum atomic E-state index is 12.9. The van der Waals surface area contributed by atoms with Gasteiger partial charge in [0.05, 0.1) is 12.3 Å². The van der Waals surface area contributed by atoms with Crippen LogP contribution < -0.4 is 10.3 Å². The maximum Gasteiger partial charge on any atom is 0.354 e. The molecule has 0 bridgehead atoms. The van der Waals surface area contributed by atoms with Crippen molar-refractivity contribution in [3.8, 4) is 0 Å². The lowest BCUT2D eigenvalue weighted by atomic mass is 10.0. The summed E-state index contributed by atoms with van der Waals surface area (Å²) in [6, 6.07) is 8.92. The fraction of sp³-hybridized carbons (Fsp3) is 0.591. The number of carbonyl (C=O) groups is 2. The summed E-state index contributed by atoms with van der Waals surface area (Å²) in [5, 5.41) is 9.06. The van der Waals surface area contributed by atoms with E-state index in [4.69, 9.17) is 4.74 Å². The van der Waals surface area contributed by atoms with Gasteiger partial charge in [-0.1, -0.05) is 25.1 Å². The number of ether oxygens (including phenoxy) is 1. The van der Waals surface area contributed by atoms with E-state index in [0.717, 1.165) is 37.7 Å². The average molecular weight is 401 g/mol. The van der Waals surface area contributed by atoms with Crippen LogP contribution in [0.1, 0.15) is 39.5 Å². The van der Waals surface area contributed by atoms with Crippen LogP contribution in [0.5, 0.6) is 0 Å². The summed E-state index contributed by atoms with van der Waals surface area (Å²) in [5.74, 6) is 0.196. The van der Waals surface area contributed by atoms with Crippen LogP contribution in [0.15, 0.2) is 35.4 Å². The topological polar surface area (TPSA) is 74.2 Å². The number of carbonyl (C=O) groups excluding carboxylic acids is 2. The molecule has 158 valence electrons. The number of para-hydroxylation sites is 1. The van der Waals surface area contributed by atoms with Gasteiger partial charge < -0.3 is 15.0 Å². The molecule has 3 rings (SSSR count). The molecular weight excluding hydrogens is 368 g/mol. The normalized spacial score (nSPS) is 22.3. The van der Waals surface area contributed by atoms with E-state index < -0.39 is 12.0 Å². The van der Waals surface area contributed by atoms with Crippen molar-refractivity contribution in [2.75, 3.05) is 37.8 Å². The third kappa shape index (κ3) is 5.79. The fourth-order valence-corrected chi connectivity index (χ4v) is 3.99. The minimum Gasteiger partial charge on any atom is -0.461 e. The largest absolute Gasteiger partial charge is 0.461 e. The fourth-order valence-electron chi connectivity index (χ4n) is 3.99. The van der Waals surface area contributed by atoms with Crippen LogP contribution in [0.2, 0.25) is 0 Å². The van der Waals surface area contributed by atoms with Gasteiger partial charge in [-0.05, 0) is 57.3 Å². The predicted octanol–water partition coefficient (Wildman–Crippen LogP) is 2.42. The third-order valence-corrected chi connectivity index (χ3v) is 5.44. The van der Waals surface area contributed by atoms with E-state index in [-0.39, 0.29) is 24.6 Å². The molecule has 1 saturated heterocycles. The number of nitrogens with one attached hydrogen (secondary N) is 1. The second-order valence-corrected chi connectivity index (χ2v) is 7.86. The Hall–Kier alpha value is -2.41. The van der Waals surface area contributed by atoms with Crippen LogP contribution in [0, 0.1) is 5.92 Å². The summed E-state index contributed by atoms with van der Waals surface area (Å²) in [7, 11) is 0. The standard InChI is InChI=1S/C22H32N4O3/c1-3-29-22(28)19-15-20(26(24-19)18-10-5-4-6-11-18)21(27)23-12-8-14-25-13-7-9-17(2)16-25/h4-6,10-11,17,20H,3,7-9,12-16H2,1-2H3,(H,23,27). The first kappa shape index (κ1) is 21.3. The highest BCUT2D eigenvalue weighted by Gasteiger charge is 2.36. The molecule has 0 aliphatic carbocycles. The van der Waals surface area contributed by atoms with E-state index in [9.17, 15) is 9.59 Å². The second-order valence-electron chi connectivity index (χ2n) is 7.86. The molecule has 0 aromatic heterocycles.